The molecule has 8 rings (SSSR count). The lowest BCUT2D eigenvalue weighted by Gasteiger charge is -2.47. The van der Waals surface area contributed by atoms with Crippen molar-refractivity contribution in [1.29, 1.82) is 0 Å². The van der Waals surface area contributed by atoms with Crippen molar-refractivity contribution in [2.75, 3.05) is 5.75 Å². The summed E-state index contributed by atoms with van der Waals surface area (Å²) >= 11 is 1.86. The largest absolute Gasteiger partial charge is 0.481 e. The van der Waals surface area contributed by atoms with Crippen LogP contribution in [0.5, 0.6) is 0 Å². The van der Waals surface area contributed by atoms with E-state index in [9.17, 15) is 14.3 Å². The zero-order valence-corrected chi connectivity index (χ0v) is 40.4. The molecule has 1 N–H and O–H groups in total. The number of halogens is 1. The summed E-state index contributed by atoms with van der Waals surface area (Å²) in [7, 11) is -6.43. The number of para-hydroxylation sites is 1. The molecular formula is C55H58FNO4SSi2. The molecule has 0 saturated heterocycles. The molecule has 64 heavy (non-hydrogen) atoms. The van der Waals surface area contributed by atoms with E-state index in [2.05, 4.69) is 174 Å². The highest BCUT2D eigenvalue weighted by molar-refractivity contribution is 7.99. The Morgan fingerprint density at radius 3 is 1.64 bits per heavy atom. The lowest BCUT2D eigenvalue weighted by atomic mass is 10.0. The number of benzene rings is 6. The summed E-state index contributed by atoms with van der Waals surface area (Å²) in [6.45, 7) is 14.3. The number of carbonyl (C=O) groups is 1. The summed E-state index contributed by atoms with van der Waals surface area (Å²) in [5.41, 5.74) is 4.14. The van der Waals surface area contributed by atoms with Gasteiger partial charge in [-0.15, -0.1) is 11.8 Å². The first-order valence-electron chi connectivity index (χ1n) is 22.2. The van der Waals surface area contributed by atoms with E-state index < -0.39 is 34.8 Å². The lowest BCUT2D eigenvalue weighted by Crippen LogP contribution is -2.69. The second-order valence-electron chi connectivity index (χ2n) is 18.8. The Hall–Kier alpha value is -5.30. The van der Waals surface area contributed by atoms with Gasteiger partial charge in [-0.1, -0.05) is 193 Å². The van der Waals surface area contributed by atoms with Crippen LogP contribution in [0.4, 0.5) is 4.39 Å². The van der Waals surface area contributed by atoms with Crippen molar-refractivity contribution in [3.8, 4) is 11.1 Å². The van der Waals surface area contributed by atoms with Crippen LogP contribution in [0.3, 0.4) is 0 Å². The minimum absolute atomic E-state index is 0.208. The third-order valence-corrected chi connectivity index (χ3v) is 23.8. The Morgan fingerprint density at radius 1 is 0.688 bits per heavy atom. The summed E-state index contributed by atoms with van der Waals surface area (Å²) in [4.78, 5) is 14.4. The van der Waals surface area contributed by atoms with Crippen LogP contribution in [0.15, 0.2) is 175 Å². The third-order valence-electron chi connectivity index (χ3n) is 12.7. The molecule has 6 aromatic carbocycles. The molecular weight excluding hydrogens is 846 g/mol. The minimum Gasteiger partial charge on any atom is -0.481 e. The Balaban J connectivity index is 1.35. The number of aliphatic carboxylic acids is 1. The Labute approximate surface area is 384 Å². The molecule has 0 aliphatic carbocycles. The molecule has 328 valence electrons. The number of rotatable bonds is 15. The molecule has 7 aromatic rings. The van der Waals surface area contributed by atoms with Gasteiger partial charge in [-0.05, 0) is 60.7 Å². The molecule has 2 unspecified atom stereocenters. The molecule has 1 aliphatic heterocycles. The molecule has 0 fully saturated rings. The van der Waals surface area contributed by atoms with Gasteiger partial charge >= 0.3 is 5.97 Å². The summed E-state index contributed by atoms with van der Waals surface area (Å²) in [5, 5.41) is 15.6. The zero-order valence-electron chi connectivity index (χ0n) is 37.6. The van der Waals surface area contributed by atoms with E-state index in [4.69, 9.17) is 8.85 Å². The maximum Gasteiger partial charge on any atom is 0.305 e. The maximum absolute atomic E-state index is 14.5. The first kappa shape index (κ1) is 45.3. The number of carboxylic acids is 1. The molecule has 9 heteroatoms. The number of aryl methyl sites for hydroxylation is 1. The highest BCUT2D eigenvalue weighted by Gasteiger charge is 2.54. The van der Waals surface area contributed by atoms with E-state index >= 15 is 0 Å². The quantitative estimate of drug-likeness (QED) is 0.104. The molecule has 0 saturated carbocycles. The Bertz CT molecular complexity index is 2630. The second kappa shape index (κ2) is 18.7. The molecule has 5 nitrogen and oxygen atoms in total. The summed E-state index contributed by atoms with van der Waals surface area (Å²) in [6.07, 6.45) is 3.08. The van der Waals surface area contributed by atoms with Crippen LogP contribution in [0, 0.1) is 5.82 Å². The molecule has 2 heterocycles. The highest BCUT2D eigenvalue weighted by Crippen LogP contribution is 2.44. The van der Waals surface area contributed by atoms with Crippen LogP contribution < -0.4 is 20.7 Å². The van der Waals surface area contributed by atoms with Gasteiger partial charge in [-0.3, -0.25) is 4.79 Å². The number of hydrogen-bond donors (Lipinski definition) is 1. The molecule has 0 radical (unpaired) electrons. The van der Waals surface area contributed by atoms with Crippen LogP contribution >= 0.6 is 11.8 Å². The summed E-state index contributed by atoms with van der Waals surface area (Å²) < 4.78 is 32.6. The maximum atomic E-state index is 14.5. The monoisotopic (exact) mass is 903 g/mol. The number of aromatic nitrogens is 1. The molecule has 0 amide bonds. The SMILES string of the molecule is CC(C)(C)[Si](OC(/C=C/c1c(-c2ccc(F)cc2)c2cccc3c2n1CCS3)CC(CC(=O)O)O[Si](c1ccccc1)(c1ccccc1)C(C)(C)C)(c1ccccc1)c1ccccc1. The van der Waals surface area contributed by atoms with Gasteiger partial charge in [0.1, 0.15) is 5.82 Å². The van der Waals surface area contributed by atoms with Gasteiger partial charge in [0.25, 0.3) is 16.6 Å². The highest BCUT2D eigenvalue weighted by atomic mass is 32.2. The second-order valence-corrected chi connectivity index (χ2v) is 28.5. The molecule has 1 aliphatic rings. The van der Waals surface area contributed by atoms with Crippen molar-refractivity contribution < 1.29 is 23.1 Å². The van der Waals surface area contributed by atoms with Crippen LogP contribution in [-0.2, 0) is 20.2 Å². The van der Waals surface area contributed by atoms with Crippen molar-refractivity contribution in [2.24, 2.45) is 0 Å². The zero-order chi connectivity index (χ0) is 45.1. The van der Waals surface area contributed by atoms with Crippen molar-refractivity contribution in [3.63, 3.8) is 0 Å². The molecule has 0 spiro atoms. The van der Waals surface area contributed by atoms with Crippen molar-refractivity contribution >= 4 is 72.1 Å². The normalized spacial score (nSPS) is 14.5. The average Bonchev–Trinajstić information content (AvgIpc) is 3.61. The Kier molecular flexibility index (Phi) is 13.2. The van der Waals surface area contributed by atoms with E-state index in [0.717, 1.165) is 55.3 Å². The predicted molar refractivity (Wildman–Crippen MR) is 269 cm³/mol. The standard InChI is InChI=1S/C55H58FNO4SSi2/c1-54(2,3)63(44-20-11-7-12-21-44,45-22-13-8-14-23-45)60-42(34-35-49-52(40-30-32-41(56)33-31-40)48-28-19-29-50-53(48)57(49)36-37-62-50)38-43(39-51(58)59)61-64(55(4,5)6,46-24-15-9-16-25-46)47-26-17-10-18-27-47/h7-35,42-43H,36-39H2,1-6H3,(H,58,59)/b35-34+. The molecule has 0 bridgehead atoms. The fourth-order valence-corrected chi connectivity index (χ4v) is 20.3. The Morgan fingerprint density at radius 2 is 1.17 bits per heavy atom. The smallest absolute Gasteiger partial charge is 0.305 e. The number of hydrogen-bond acceptors (Lipinski definition) is 4. The third kappa shape index (κ3) is 8.76. The van der Waals surface area contributed by atoms with Crippen LogP contribution in [-0.4, -0.2) is 50.2 Å². The van der Waals surface area contributed by atoms with Crippen LogP contribution in [0.25, 0.3) is 28.1 Å². The van der Waals surface area contributed by atoms with E-state index in [0.29, 0.717) is 0 Å². The van der Waals surface area contributed by atoms with Crippen molar-refractivity contribution in [3.05, 3.63) is 181 Å². The number of carboxylic acid groups (broad SMARTS) is 1. The van der Waals surface area contributed by atoms with Gasteiger partial charge in [0, 0.05) is 40.3 Å². The van der Waals surface area contributed by atoms with E-state index in [1.54, 1.807) is 0 Å². The van der Waals surface area contributed by atoms with Gasteiger partial charge < -0.3 is 18.5 Å². The fraction of sp³-hybridized carbons (Fsp3) is 0.255. The van der Waals surface area contributed by atoms with Gasteiger partial charge in [-0.25, -0.2) is 4.39 Å². The van der Waals surface area contributed by atoms with E-state index in [-0.39, 0.29) is 28.7 Å². The van der Waals surface area contributed by atoms with E-state index in [1.807, 2.05) is 48.2 Å². The number of thioether (sulfide) groups is 1. The van der Waals surface area contributed by atoms with Gasteiger partial charge in [-0.2, -0.15) is 0 Å². The van der Waals surface area contributed by atoms with Gasteiger partial charge in [0.15, 0.2) is 0 Å². The molecule has 2 atom stereocenters. The summed E-state index contributed by atoms with van der Waals surface area (Å²) in [5.74, 6) is -0.296. The van der Waals surface area contributed by atoms with Crippen molar-refractivity contribution in [2.45, 2.75) is 88.1 Å². The fourth-order valence-electron chi connectivity index (χ4n) is 9.94. The minimum atomic E-state index is -3.22. The average molecular weight is 904 g/mol. The van der Waals surface area contributed by atoms with Crippen LogP contribution in [0.2, 0.25) is 10.1 Å². The summed E-state index contributed by atoms with van der Waals surface area (Å²) in [6, 6.07) is 55.2. The van der Waals surface area contributed by atoms with Crippen LogP contribution in [0.1, 0.15) is 60.1 Å². The van der Waals surface area contributed by atoms with E-state index in [1.165, 1.54) is 22.5 Å². The topological polar surface area (TPSA) is 60.7 Å². The lowest BCUT2D eigenvalue weighted by molar-refractivity contribution is -0.139. The van der Waals surface area contributed by atoms with Gasteiger partial charge in [0.05, 0.1) is 24.1 Å². The first-order chi connectivity index (χ1) is 30.7. The number of nitrogens with zero attached hydrogens (tertiary/aromatic N) is 1. The predicted octanol–water partition coefficient (Wildman–Crippen LogP) is 11.3. The molecule has 1 aromatic heterocycles. The van der Waals surface area contributed by atoms with Crippen molar-refractivity contribution in [1.82, 2.24) is 4.57 Å². The first-order valence-corrected chi connectivity index (χ1v) is 27.0. The van der Waals surface area contributed by atoms with Gasteiger partial charge in [0.2, 0.25) is 0 Å².